The van der Waals surface area contributed by atoms with Crippen LogP contribution in [0, 0.1) is 0 Å². The molecule has 2 amide bonds. The summed E-state index contributed by atoms with van der Waals surface area (Å²) in [5.74, 6) is 0.765. The van der Waals surface area contributed by atoms with Gasteiger partial charge in [0.15, 0.2) is 9.84 Å². The van der Waals surface area contributed by atoms with Crippen molar-refractivity contribution >= 4 is 15.9 Å². The Morgan fingerprint density at radius 3 is 2.63 bits per heavy atom. The zero-order valence-corrected chi connectivity index (χ0v) is 16.6. The van der Waals surface area contributed by atoms with Gasteiger partial charge in [0, 0.05) is 45.3 Å². The van der Waals surface area contributed by atoms with Crippen molar-refractivity contribution in [2.45, 2.75) is 18.6 Å². The van der Waals surface area contributed by atoms with Gasteiger partial charge in [-0.05, 0) is 6.07 Å². The third-order valence-corrected chi connectivity index (χ3v) is 6.81. The smallest absolute Gasteiger partial charge is 0.319 e. The Morgan fingerprint density at radius 2 is 1.93 bits per heavy atom. The number of aliphatic hydroxyl groups is 1. The molecule has 2 heterocycles. The number of nitrogens with zero attached hydrogens (tertiary/aromatic N) is 3. The maximum atomic E-state index is 12.5. The van der Waals surface area contributed by atoms with Crippen molar-refractivity contribution in [3.05, 3.63) is 29.8 Å². The molecule has 0 spiro atoms. The summed E-state index contributed by atoms with van der Waals surface area (Å²) in [6.07, 6.45) is 0. The topological polar surface area (TPSA) is 90.4 Å². The molecule has 9 heteroatoms. The third kappa shape index (κ3) is 4.36. The minimum absolute atomic E-state index is 0.0103. The quantitative estimate of drug-likeness (QED) is 0.754. The predicted molar refractivity (Wildman–Crippen MR) is 101 cm³/mol. The molecule has 2 atom stereocenters. The zero-order chi connectivity index (χ0) is 19.6. The van der Waals surface area contributed by atoms with Crippen LogP contribution >= 0.6 is 0 Å². The minimum atomic E-state index is -3.19. The Balaban J connectivity index is 1.81. The summed E-state index contributed by atoms with van der Waals surface area (Å²) in [5, 5.41) is 9.00. The summed E-state index contributed by atoms with van der Waals surface area (Å²) < 4.78 is 30.2. The fraction of sp³-hybridized carbons (Fsp3) is 0.611. The van der Waals surface area contributed by atoms with Crippen LogP contribution < -0.4 is 4.74 Å². The van der Waals surface area contributed by atoms with Crippen LogP contribution in [-0.4, -0.2) is 98.2 Å². The van der Waals surface area contributed by atoms with E-state index in [9.17, 15) is 13.2 Å². The molecule has 150 valence electrons. The second-order valence-corrected chi connectivity index (χ2v) is 9.39. The fourth-order valence-electron chi connectivity index (χ4n) is 3.87. The fourth-order valence-corrected chi connectivity index (χ4v) is 5.88. The van der Waals surface area contributed by atoms with Crippen LogP contribution in [0.5, 0.6) is 5.75 Å². The van der Waals surface area contributed by atoms with E-state index in [1.54, 1.807) is 19.0 Å². The number of aliphatic hydroxyl groups excluding tert-OH is 1. The molecule has 0 aromatic heterocycles. The molecule has 2 aliphatic heterocycles. The van der Waals surface area contributed by atoms with Crippen molar-refractivity contribution < 1.29 is 23.1 Å². The number of benzene rings is 1. The van der Waals surface area contributed by atoms with Crippen LogP contribution in [-0.2, 0) is 16.4 Å². The van der Waals surface area contributed by atoms with Gasteiger partial charge in [-0.1, -0.05) is 18.2 Å². The molecule has 2 saturated heterocycles. The Bertz CT molecular complexity index is 783. The van der Waals surface area contributed by atoms with Crippen LogP contribution in [0.2, 0.25) is 0 Å². The lowest BCUT2D eigenvalue weighted by molar-refractivity contribution is 0.0514. The first-order valence-corrected chi connectivity index (χ1v) is 10.9. The Morgan fingerprint density at radius 1 is 1.22 bits per heavy atom. The summed E-state index contributed by atoms with van der Waals surface area (Å²) in [5.41, 5.74) is 0.946. The van der Waals surface area contributed by atoms with E-state index in [4.69, 9.17) is 9.84 Å². The zero-order valence-electron chi connectivity index (χ0n) is 15.7. The van der Waals surface area contributed by atoms with Gasteiger partial charge in [0.1, 0.15) is 12.4 Å². The second kappa shape index (κ2) is 8.04. The highest BCUT2D eigenvalue weighted by atomic mass is 32.2. The molecule has 0 aliphatic carbocycles. The van der Waals surface area contributed by atoms with Gasteiger partial charge >= 0.3 is 6.03 Å². The van der Waals surface area contributed by atoms with Crippen LogP contribution in [0.1, 0.15) is 5.56 Å². The number of sulfone groups is 1. The molecule has 8 nitrogen and oxygen atoms in total. The lowest BCUT2D eigenvalue weighted by Gasteiger charge is -2.44. The number of hydrogen-bond donors (Lipinski definition) is 1. The lowest BCUT2D eigenvalue weighted by atomic mass is 10.0. The van der Waals surface area contributed by atoms with E-state index in [0.29, 0.717) is 25.4 Å². The molecule has 1 aromatic carbocycles. The number of ether oxygens (including phenoxy) is 1. The SMILES string of the molecule is CN(C)C(=O)N1CCN(Cc2ccccc2OCCO)[C@H]2CS(=O)(=O)C[C@H]21. The average Bonchev–Trinajstić information content (AvgIpc) is 2.96. The highest BCUT2D eigenvalue weighted by Gasteiger charge is 2.48. The van der Waals surface area contributed by atoms with Gasteiger partial charge in [-0.25, -0.2) is 13.2 Å². The van der Waals surface area contributed by atoms with E-state index in [1.165, 1.54) is 4.90 Å². The molecule has 1 aromatic rings. The number of urea groups is 1. The van der Waals surface area contributed by atoms with Gasteiger partial charge in [0.2, 0.25) is 0 Å². The number of carbonyl (C=O) groups excluding carboxylic acids is 1. The number of rotatable bonds is 5. The van der Waals surface area contributed by atoms with Gasteiger partial charge in [-0.15, -0.1) is 0 Å². The Labute approximate surface area is 160 Å². The summed E-state index contributed by atoms with van der Waals surface area (Å²) in [6.45, 7) is 1.78. The summed E-state index contributed by atoms with van der Waals surface area (Å²) in [4.78, 5) is 17.8. The molecule has 3 rings (SSSR count). The number of piperazine rings is 1. The van der Waals surface area contributed by atoms with Gasteiger partial charge in [0.25, 0.3) is 0 Å². The summed E-state index contributed by atoms with van der Waals surface area (Å²) >= 11 is 0. The minimum Gasteiger partial charge on any atom is -0.491 e. The normalized spacial score (nSPS) is 24.5. The molecule has 0 unspecified atom stereocenters. The van der Waals surface area contributed by atoms with Crippen molar-refractivity contribution in [2.24, 2.45) is 0 Å². The predicted octanol–water partition coefficient (Wildman–Crippen LogP) is 0.0225. The van der Waals surface area contributed by atoms with E-state index in [-0.39, 0.29) is 42.8 Å². The number of carbonyl (C=O) groups is 1. The first-order chi connectivity index (χ1) is 12.8. The van der Waals surface area contributed by atoms with E-state index >= 15 is 0 Å². The van der Waals surface area contributed by atoms with Gasteiger partial charge in [-0.3, -0.25) is 4.90 Å². The van der Waals surface area contributed by atoms with Crippen LogP contribution in [0.25, 0.3) is 0 Å². The van der Waals surface area contributed by atoms with E-state index in [0.717, 1.165) is 5.56 Å². The maximum Gasteiger partial charge on any atom is 0.319 e. The second-order valence-electron chi connectivity index (χ2n) is 7.23. The van der Waals surface area contributed by atoms with Gasteiger partial charge in [0.05, 0.1) is 24.2 Å². The van der Waals surface area contributed by atoms with Crippen molar-refractivity contribution in [1.29, 1.82) is 0 Å². The van der Waals surface area contributed by atoms with Gasteiger partial charge < -0.3 is 19.6 Å². The largest absolute Gasteiger partial charge is 0.491 e. The van der Waals surface area contributed by atoms with Crippen LogP contribution in [0.15, 0.2) is 24.3 Å². The third-order valence-electron chi connectivity index (χ3n) is 5.11. The molecular weight excluding hydrogens is 370 g/mol. The molecule has 0 bridgehead atoms. The number of hydrogen-bond acceptors (Lipinski definition) is 6. The first-order valence-electron chi connectivity index (χ1n) is 9.06. The van der Waals surface area contributed by atoms with Crippen molar-refractivity contribution in [3.63, 3.8) is 0 Å². The van der Waals surface area contributed by atoms with Crippen LogP contribution in [0.4, 0.5) is 4.79 Å². The maximum absolute atomic E-state index is 12.5. The molecule has 0 radical (unpaired) electrons. The van der Waals surface area contributed by atoms with E-state index in [2.05, 4.69) is 4.90 Å². The molecule has 27 heavy (non-hydrogen) atoms. The first kappa shape index (κ1) is 19.9. The standard InChI is InChI=1S/C18H27N3O5S/c1-19(2)18(23)21-8-7-20(15-12-27(24,25)13-16(15)21)11-14-5-3-4-6-17(14)26-10-9-22/h3-6,15-16,22H,7-13H2,1-2H3/t15-,16+/m0/s1. The van der Waals surface area contributed by atoms with Crippen molar-refractivity contribution in [1.82, 2.24) is 14.7 Å². The molecular formula is C18H27N3O5S. The Kier molecular flexibility index (Phi) is 5.92. The molecule has 2 aliphatic rings. The number of fused-ring (bicyclic) bond motifs is 1. The monoisotopic (exact) mass is 397 g/mol. The summed E-state index contributed by atoms with van der Waals surface area (Å²) in [6, 6.07) is 6.88. The van der Waals surface area contributed by atoms with E-state index in [1.807, 2.05) is 24.3 Å². The lowest BCUT2D eigenvalue weighted by Crippen LogP contribution is -2.61. The van der Waals surface area contributed by atoms with E-state index < -0.39 is 9.84 Å². The van der Waals surface area contributed by atoms with Gasteiger partial charge in [-0.2, -0.15) is 0 Å². The number of amides is 2. The van der Waals surface area contributed by atoms with Crippen molar-refractivity contribution in [2.75, 3.05) is 51.9 Å². The molecule has 0 saturated carbocycles. The Hall–Kier alpha value is -1.84. The number of para-hydroxylation sites is 1. The van der Waals surface area contributed by atoms with Crippen LogP contribution in [0.3, 0.4) is 0 Å². The highest BCUT2D eigenvalue weighted by molar-refractivity contribution is 7.91. The molecule has 2 fully saturated rings. The summed E-state index contributed by atoms with van der Waals surface area (Å²) in [7, 11) is 0.176. The van der Waals surface area contributed by atoms with Crippen molar-refractivity contribution in [3.8, 4) is 5.75 Å². The average molecular weight is 397 g/mol. The molecule has 1 N–H and O–H groups in total. The highest BCUT2D eigenvalue weighted by Crippen LogP contribution is 2.30.